The number of fused-ring (bicyclic) bond motifs is 4. The summed E-state index contributed by atoms with van der Waals surface area (Å²) in [5.41, 5.74) is 22.8. The maximum Gasteiger partial charge on any atom is 0.252 e. The van der Waals surface area contributed by atoms with Crippen molar-refractivity contribution in [1.82, 2.24) is 0 Å². The molecule has 2 aliphatic heterocycles. The van der Waals surface area contributed by atoms with Gasteiger partial charge in [-0.25, -0.2) is 0 Å². The van der Waals surface area contributed by atoms with Gasteiger partial charge in [0.2, 0.25) is 0 Å². The fourth-order valence-electron chi connectivity index (χ4n) is 10.0. The predicted octanol–water partition coefficient (Wildman–Crippen LogP) is 14.1. The van der Waals surface area contributed by atoms with Crippen LogP contribution in [0.1, 0.15) is 0 Å². The predicted molar refractivity (Wildman–Crippen MR) is 268 cm³/mol. The van der Waals surface area contributed by atoms with Crippen LogP contribution in [0.2, 0.25) is 0 Å². The van der Waals surface area contributed by atoms with Crippen LogP contribution in [0.25, 0.3) is 55.6 Å². The zero-order chi connectivity index (χ0) is 41.7. The average Bonchev–Trinajstić information content (AvgIpc) is 3.37. The van der Waals surface area contributed by atoms with E-state index in [-0.39, 0.29) is 6.71 Å². The van der Waals surface area contributed by atoms with Crippen LogP contribution in [0.5, 0.6) is 0 Å². The Balaban J connectivity index is 1.21. The highest BCUT2D eigenvalue weighted by atomic mass is 15.2. The molecule has 0 aromatic heterocycles. The maximum absolute atomic E-state index is 2.56. The summed E-state index contributed by atoms with van der Waals surface area (Å²) in [5.74, 6) is 0. The number of hydrogen-bond acceptors (Lipinski definition) is 2. The van der Waals surface area contributed by atoms with Gasteiger partial charge < -0.3 is 9.80 Å². The van der Waals surface area contributed by atoms with Crippen molar-refractivity contribution in [2.75, 3.05) is 9.80 Å². The first kappa shape index (κ1) is 36.7. The van der Waals surface area contributed by atoms with Gasteiger partial charge in [0.25, 0.3) is 6.71 Å². The third-order valence-electron chi connectivity index (χ3n) is 12.9. The van der Waals surface area contributed by atoms with E-state index >= 15 is 0 Å². The van der Waals surface area contributed by atoms with Crippen LogP contribution >= 0.6 is 0 Å². The number of para-hydroxylation sites is 1. The standard InChI is InChI=1S/C60H41BN2/c1-6-19-42(20-7-1)45-33-36-50(37-34-45)62-55-38-35-48(43-21-8-2-9-22-43)39-53(55)61-59-52(47-27-14-5-15-28-47)30-18-32-56(59)63(54-31-17-16-29-51(54)46-25-12-4-13-26-46)58-41-49(40-57(62)60(58)61)44-23-10-3-11-24-44/h1-41H. The Kier molecular flexibility index (Phi) is 8.97. The topological polar surface area (TPSA) is 6.48 Å². The molecule has 2 heterocycles. The van der Waals surface area contributed by atoms with E-state index in [2.05, 4.69) is 259 Å². The Morgan fingerprint density at radius 2 is 0.683 bits per heavy atom. The van der Waals surface area contributed by atoms with Gasteiger partial charge in [0.15, 0.2) is 0 Å². The molecule has 0 bridgehead atoms. The quantitative estimate of drug-likeness (QED) is 0.148. The van der Waals surface area contributed by atoms with Crippen LogP contribution in [0.15, 0.2) is 249 Å². The SMILES string of the molecule is c1ccc(-c2ccc(N3c4ccc(-c5ccccc5)cc4B4c5c(-c6ccccc6)cccc5N(c5ccccc5-c5ccccc5)c5cc(-c6ccccc6)cc3c54)cc2)cc1. The summed E-state index contributed by atoms with van der Waals surface area (Å²) in [4.78, 5) is 5.09. The minimum atomic E-state index is -0.0788. The van der Waals surface area contributed by atoms with Crippen LogP contribution < -0.4 is 26.2 Å². The monoisotopic (exact) mass is 800 g/mol. The lowest BCUT2D eigenvalue weighted by atomic mass is 9.32. The fraction of sp³-hybridized carbons (Fsp3) is 0. The second kappa shape index (κ2) is 15.4. The van der Waals surface area contributed by atoms with Crippen molar-refractivity contribution in [2.45, 2.75) is 0 Å². The molecule has 0 saturated carbocycles. The molecule has 63 heavy (non-hydrogen) atoms. The third kappa shape index (κ3) is 6.28. The van der Waals surface area contributed by atoms with Crippen molar-refractivity contribution < 1.29 is 0 Å². The van der Waals surface area contributed by atoms with Crippen molar-refractivity contribution in [3.63, 3.8) is 0 Å². The molecule has 0 saturated heterocycles. The number of benzene rings is 10. The Bertz CT molecular complexity index is 3260. The summed E-state index contributed by atoms with van der Waals surface area (Å²) < 4.78 is 0. The summed E-state index contributed by atoms with van der Waals surface area (Å²) >= 11 is 0. The smallest absolute Gasteiger partial charge is 0.252 e. The Morgan fingerprint density at radius 1 is 0.238 bits per heavy atom. The van der Waals surface area contributed by atoms with Crippen molar-refractivity contribution in [1.29, 1.82) is 0 Å². The Morgan fingerprint density at radius 3 is 1.30 bits per heavy atom. The largest absolute Gasteiger partial charge is 0.311 e. The normalized spacial score (nSPS) is 12.3. The van der Waals surface area contributed by atoms with Gasteiger partial charge >= 0.3 is 0 Å². The molecule has 294 valence electrons. The van der Waals surface area contributed by atoms with Gasteiger partial charge in [-0.05, 0) is 109 Å². The van der Waals surface area contributed by atoms with E-state index in [0.29, 0.717) is 0 Å². The number of nitrogens with zero attached hydrogens (tertiary/aromatic N) is 2. The molecular weight excluding hydrogens is 759 g/mol. The molecule has 0 atom stereocenters. The Hall–Kier alpha value is -8.14. The Labute approximate surface area is 369 Å². The molecule has 10 aromatic carbocycles. The summed E-state index contributed by atoms with van der Waals surface area (Å²) in [6.07, 6.45) is 0. The number of hydrogen-bond donors (Lipinski definition) is 0. The molecule has 0 radical (unpaired) electrons. The van der Waals surface area contributed by atoms with Crippen LogP contribution in [-0.4, -0.2) is 6.71 Å². The molecular formula is C60H41BN2. The van der Waals surface area contributed by atoms with Crippen molar-refractivity contribution in [2.24, 2.45) is 0 Å². The summed E-state index contributed by atoms with van der Waals surface area (Å²) in [6.45, 7) is -0.0788. The highest BCUT2D eigenvalue weighted by molar-refractivity contribution is 7.01. The van der Waals surface area contributed by atoms with Crippen molar-refractivity contribution >= 4 is 57.2 Å². The highest BCUT2D eigenvalue weighted by Gasteiger charge is 2.45. The second-order valence-corrected chi connectivity index (χ2v) is 16.4. The van der Waals surface area contributed by atoms with E-state index in [1.165, 1.54) is 94.8 Å². The lowest BCUT2D eigenvalue weighted by Crippen LogP contribution is -2.62. The zero-order valence-corrected chi connectivity index (χ0v) is 34.6. The van der Waals surface area contributed by atoms with Gasteiger partial charge in [0.05, 0.1) is 5.69 Å². The lowest BCUT2D eigenvalue weighted by molar-refractivity contribution is 1.25. The van der Waals surface area contributed by atoms with Crippen molar-refractivity contribution in [3.05, 3.63) is 249 Å². The first-order valence-electron chi connectivity index (χ1n) is 21.8. The highest BCUT2D eigenvalue weighted by Crippen LogP contribution is 2.49. The van der Waals surface area contributed by atoms with Crippen LogP contribution in [0.3, 0.4) is 0 Å². The zero-order valence-electron chi connectivity index (χ0n) is 34.6. The van der Waals surface area contributed by atoms with E-state index in [1.54, 1.807) is 0 Å². The first-order chi connectivity index (χ1) is 31.3. The molecule has 0 amide bonds. The van der Waals surface area contributed by atoms with Gasteiger partial charge in [-0.15, -0.1) is 0 Å². The molecule has 2 nitrogen and oxygen atoms in total. The van der Waals surface area contributed by atoms with Crippen molar-refractivity contribution in [3.8, 4) is 55.6 Å². The minimum Gasteiger partial charge on any atom is -0.311 e. The number of anilines is 6. The molecule has 2 aliphatic rings. The average molecular weight is 801 g/mol. The molecule has 0 fully saturated rings. The molecule has 0 unspecified atom stereocenters. The summed E-state index contributed by atoms with van der Waals surface area (Å²) in [5, 5.41) is 0. The maximum atomic E-state index is 2.56. The van der Waals surface area contributed by atoms with Crippen LogP contribution in [-0.2, 0) is 0 Å². The molecule has 3 heteroatoms. The third-order valence-corrected chi connectivity index (χ3v) is 12.9. The van der Waals surface area contributed by atoms with E-state index < -0.39 is 0 Å². The molecule has 0 N–H and O–H groups in total. The van der Waals surface area contributed by atoms with E-state index in [9.17, 15) is 0 Å². The molecule has 0 spiro atoms. The fourth-order valence-corrected chi connectivity index (χ4v) is 10.0. The minimum absolute atomic E-state index is 0.0788. The van der Waals surface area contributed by atoms with Crippen LogP contribution in [0, 0.1) is 0 Å². The molecule has 10 aromatic rings. The number of rotatable bonds is 7. The summed E-state index contributed by atoms with van der Waals surface area (Å²) in [7, 11) is 0. The molecule has 12 rings (SSSR count). The van der Waals surface area contributed by atoms with E-state index in [0.717, 1.165) is 11.4 Å². The molecule has 0 aliphatic carbocycles. The van der Waals surface area contributed by atoms with E-state index in [1.807, 2.05) is 0 Å². The van der Waals surface area contributed by atoms with Gasteiger partial charge in [0.1, 0.15) is 0 Å². The van der Waals surface area contributed by atoms with Gasteiger partial charge in [0, 0.05) is 34.0 Å². The summed E-state index contributed by atoms with van der Waals surface area (Å²) in [6, 6.07) is 91.2. The van der Waals surface area contributed by atoms with Crippen LogP contribution in [0.4, 0.5) is 34.1 Å². The second-order valence-electron chi connectivity index (χ2n) is 16.4. The van der Waals surface area contributed by atoms with E-state index in [4.69, 9.17) is 0 Å². The van der Waals surface area contributed by atoms with Gasteiger partial charge in [-0.3, -0.25) is 0 Å². The van der Waals surface area contributed by atoms with Gasteiger partial charge in [-0.2, -0.15) is 0 Å². The van der Waals surface area contributed by atoms with Gasteiger partial charge in [-0.1, -0.05) is 206 Å². The first-order valence-corrected chi connectivity index (χ1v) is 21.8. The lowest BCUT2D eigenvalue weighted by Gasteiger charge is -2.45.